The van der Waals surface area contributed by atoms with Crippen molar-refractivity contribution < 1.29 is 0 Å². The van der Waals surface area contributed by atoms with Crippen LogP contribution in [0.15, 0.2) is 10.4 Å². The van der Waals surface area contributed by atoms with Crippen molar-refractivity contribution in [3.8, 4) is 6.19 Å². The fourth-order valence-corrected chi connectivity index (χ4v) is 2.27. The van der Waals surface area contributed by atoms with Crippen LogP contribution in [0.3, 0.4) is 0 Å². The molecule has 0 radical (unpaired) electrons. The van der Waals surface area contributed by atoms with Crippen LogP contribution in [0.5, 0.6) is 0 Å². The first-order valence-corrected chi connectivity index (χ1v) is 6.81. The summed E-state index contributed by atoms with van der Waals surface area (Å²) in [6, 6.07) is 0. The second kappa shape index (κ2) is 5.32. The maximum Gasteiger partial charge on any atom is 0.208 e. The molecule has 6 heteroatoms. The van der Waals surface area contributed by atoms with E-state index in [0.717, 1.165) is 10.8 Å². The van der Waals surface area contributed by atoms with Crippen molar-refractivity contribution in [2.45, 2.75) is 26.2 Å². The van der Waals surface area contributed by atoms with E-state index in [0.29, 0.717) is 5.17 Å². The Hall–Kier alpha value is -1.06. The number of amidine groups is 1. The van der Waals surface area contributed by atoms with E-state index in [4.69, 9.17) is 5.26 Å². The zero-order valence-corrected chi connectivity index (χ0v) is 11.4. The van der Waals surface area contributed by atoms with Crippen molar-refractivity contribution in [2.24, 2.45) is 4.99 Å². The summed E-state index contributed by atoms with van der Waals surface area (Å²) >= 11 is 2.91. The maximum absolute atomic E-state index is 8.47. The van der Waals surface area contributed by atoms with Gasteiger partial charge in [-0.3, -0.25) is 0 Å². The predicted octanol–water partition coefficient (Wildman–Crippen LogP) is 3.05. The fraction of sp³-hybridized carbons (Fsp3) is 0.500. The van der Waals surface area contributed by atoms with Crippen molar-refractivity contribution >= 4 is 33.4 Å². The van der Waals surface area contributed by atoms with Crippen molar-refractivity contribution in [2.75, 3.05) is 11.6 Å². The molecule has 1 aromatic rings. The van der Waals surface area contributed by atoms with Gasteiger partial charge in [0, 0.05) is 10.8 Å². The first-order chi connectivity index (χ1) is 7.47. The Bertz CT molecular complexity index is 423. The van der Waals surface area contributed by atoms with Gasteiger partial charge in [0.15, 0.2) is 10.3 Å². The minimum atomic E-state index is 0.0440. The molecule has 86 valence electrons. The van der Waals surface area contributed by atoms with Gasteiger partial charge in [-0.1, -0.05) is 32.5 Å². The van der Waals surface area contributed by atoms with Gasteiger partial charge in [-0.25, -0.2) is 4.98 Å². The molecule has 0 fully saturated rings. The third kappa shape index (κ3) is 3.51. The molecule has 0 unspecified atom stereocenters. The first kappa shape index (κ1) is 13.0. The van der Waals surface area contributed by atoms with Crippen LogP contribution in [-0.4, -0.2) is 16.4 Å². The number of nitrogens with one attached hydrogen (secondary N) is 1. The Morgan fingerprint density at radius 2 is 2.31 bits per heavy atom. The highest BCUT2D eigenvalue weighted by Crippen LogP contribution is 2.26. The molecular formula is C10H14N4S2. The Balaban J connectivity index is 2.81. The van der Waals surface area contributed by atoms with Crippen molar-refractivity contribution in [1.82, 2.24) is 4.98 Å². The van der Waals surface area contributed by atoms with Gasteiger partial charge in [-0.15, -0.1) is 16.3 Å². The van der Waals surface area contributed by atoms with E-state index < -0.39 is 0 Å². The molecule has 1 rings (SSSR count). The van der Waals surface area contributed by atoms with Gasteiger partial charge in [0.25, 0.3) is 0 Å². The van der Waals surface area contributed by atoms with Gasteiger partial charge in [0.05, 0.1) is 5.69 Å². The van der Waals surface area contributed by atoms with Crippen LogP contribution in [0.1, 0.15) is 26.5 Å². The van der Waals surface area contributed by atoms with Crippen LogP contribution in [0.4, 0.5) is 5.13 Å². The second-order valence-corrected chi connectivity index (χ2v) is 5.79. The summed E-state index contributed by atoms with van der Waals surface area (Å²) in [6.45, 7) is 6.35. The van der Waals surface area contributed by atoms with E-state index in [1.54, 1.807) is 6.19 Å². The number of aromatic nitrogens is 1. The zero-order valence-electron chi connectivity index (χ0n) is 9.74. The van der Waals surface area contributed by atoms with Gasteiger partial charge >= 0.3 is 0 Å². The molecule has 1 N–H and O–H groups in total. The van der Waals surface area contributed by atoms with E-state index in [1.165, 1.54) is 23.1 Å². The van der Waals surface area contributed by atoms with Gasteiger partial charge < -0.3 is 5.32 Å². The molecule has 0 amide bonds. The molecule has 4 nitrogen and oxygen atoms in total. The molecule has 0 bridgehead atoms. The van der Waals surface area contributed by atoms with Gasteiger partial charge in [0.2, 0.25) is 6.19 Å². The molecule has 0 spiro atoms. The van der Waals surface area contributed by atoms with Crippen LogP contribution in [0.2, 0.25) is 0 Å². The highest BCUT2D eigenvalue weighted by atomic mass is 32.2. The molecule has 0 aliphatic carbocycles. The summed E-state index contributed by atoms with van der Waals surface area (Å²) in [7, 11) is 0. The number of thiazole rings is 1. The van der Waals surface area contributed by atoms with Crippen LogP contribution in [0, 0.1) is 11.5 Å². The zero-order chi connectivity index (χ0) is 12.2. The molecule has 0 atom stereocenters. The Labute approximate surface area is 104 Å². The normalized spacial score (nSPS) is 12.3. The minimum absolute atomic E-state index is 0.0440. The number of aliphatic imine (C=N–C) groups is 1. The highest BCUT2D eigenvalue weighted by Gasteiger charge is 2.17. The smallest absolute Gasteiger partial charge is 0.208 e. The molecule has 0 saturated carbocycles. The predicted molar refractivity (Wildman–Crippen MR) is 71.0 cm³/mol. The van der Waals surface area contributed by atoms with Crippen molar-refractivity contribution in [1.29, 1.82) is 5.26 Å². The lowest BCUT2D eigenvalue weighted by Gasteiger charge is -2.14. The lowest BCUT2D eigenvalue weighted by Crippen LogP contribution is -2.12. The standard InChI is InChI=1S/C10H14N4S2/c1-10(2,3)7-5-16-9(13-7)14-8(15-4)12-6-11/h5H,1-4H3,(H,12,13,14). The van der Waals surface area contributed by atoms with Crippen LogP contribution >= 0.6 is 23.1 Å². The molecule has 0 aliphatic heterocycles. The molecular weight excluding hydrogens is 240 g/mol. The number of anilines is 1. The average Bonchev–Trinajstić information content (AvgIpc) is 2.65. The lowest BCUT2D eigenvalue weighted by atomic mass is 9.93. The Morgan fingerprint density at radius 1 is 1.62 bits per heavy atom. The van der Waals surface area contributed by atoms with Crippen molar-refractivity contribution in [3.05, 3.63) is 11.1 Å². The number of hydrogen-bond acceptors (Lipinski definition) is 5. The Kier molecular flexibility index (Phi) is 4.33. The maximum atomic E-state index is 8.47. The third-order valence-electron chi connectivity index (χ3n) is 1.83. The summed E-state index contributed by atoms with van der Waals surface area (Å²) in [5.41, 5.74) is 1.08. The summed E-state index contributed by atoms with van der Waals surface area (Å²) in [4.78, 5) is 8.11. The number of nitriles is 1. The quantitative estimate of drug-likeness (QED) is 0.475. The van der Waals surface area contributed by atoms with Gasteiger partial charge in [-0.2, -0.15) is 5.26 Å². The number of rotatable bonds is 1. The number of nitrogens with zero attached hydrogens (tertiary/aromatic N) is 3. The SMILES string of the molecule is CS/C(=N\C#N)Nc1nc(C(C)(C)C)cs1. The van der Waals surface area contributed by atoms with E-state index in [9.17, 15) is 0 Å². The van der Waals surface area contributed by atoms with Gasteiger partial charge in [0.1, 0.15) is 0 Å². The second-order valence-electron chi connectivity index (χ2n) is 4.13. The van der Waals surface area contributed by atoms with E-state index in [-0.39, 0.29) is 5.41 Å². The summed E-state index contributed by atoms with van der Waals surface area (Å²) < 4.78 is 0. The van der Waals surface area contributed by atoms with Crippen LogP contribution in [0.25, 0.3) is 0 Å². The average molecular weight is 254 g/mol. The van der Waals surface area contributed by atoms with E-state index >= 15 is 0 Å². The summed E-state index contributed by atoms with van der Waals surface area (Å²) in [5, 5.41) is 14.9. The van der Waals surface area contributed by atoms with Crippen LogP contribution < -0.4 is 5.32 Å². The molecule has 1 heterocycles. The Morgan fingerprint density at radius 3 is 2.75 bits per heavy atom. The minimum Gasteiger partial charge on any atom is -0.310 e. The van der Waals surface area contributed by atoms with Gasteiger partial charge in [-0.05, 0) is 6.26 Å². The monoisotopic (exact) mass is 254 g/mol. The molecule has 0 aliphatic rings. The van der Waals surface area contributed by atoms with E-state index in [1.807, 2.05) is 11.6 Å². The molecule has 16 heavy (non-hydrogen) atoms. The lowest BCUT2D eigenvalue weighted by molar-refractivity contribution is 0.573. The fourth-order valence-electron chi connectivity index (χ4n) is 0.937. The van der Waals surface area contributed by atoms with Crippen LogP contribution in [-0.2, 0) is 5.41 Å². The molecule has 0 saturated heterocycles. The third-order valence-corrected chi connectivity index (χ3v) is 3.17. The molecule has 1 aromatic heterocycles. The first-order valence-electron chi connectivity index (χ1n) is 4.71. The number of hydrogen-bond donors (Lipinski definition) is 1. The number of thioether (sulfide) groups is 1. The van der Waals surface area contributed by atoms with Crippen molar-refractivity contribution in [3.63, 3.8) is 0 Å². The molecule has 0 aromatic carbocycles. The van der Waals surface area contributed by atoms with E-state index in [2.05, 4.69) is 36.1 Å². The summed E-state index contributed by atoms with van der Waals surface area (Å²) in [5.74, 6) is 0. The summed E-state index contributed by atoms with van der Waals surface area (Å²) in [6.07, 6.45) is 3.62. The topological polar surface area (TPSA) is 61.1 Å². The largest absolute Gasteiger partial charge is 0.310 e. The highest BCUT2D eigenvalue weighted by molar-refractivity contribution is 8.13.